The number of ether oxygens (including phenoxy) is 1. The van der Waals surface area contributed by atoms with Crippen molar-refractivity contribution < 1.29 is 9.53 Å². The SMILES string of the molecule is Cc1c(CCc2ccc(C(C)(C)C)cc2)ncnc1C(=O)N1CCC(N(C)C2CC(C)OC(C)C2)CC1. The van der Waals surface area contributed by atoms with E-state index in [1.807, 2.05) is 11.8 Å². The predicted molar refractivity (Wildman–Crippen MR) is 149 cm³/mol. The van der Waals surface area contributed by atoms with Crippen LogP contribution in [0.15, 0.2) is 30.6 Å². The minimum Gasteiger partial charge on any atom is -0.375 e. The van der Waals surface area contributed by atoms with Crippen molar-refractivity contribution >= 4 is 5.91 Å². The Kier molecular flexibility index (Phi) is 8.70. The first-order valence-corrected chi connectivity index (χ1v) is 14.1. The summed E-state index contributed by atoms with van der Waals surface area (Å²) in [5.41, 5.74) is 5.24. The second-order valence-corrected chi connectivity index (χ2v) is 12.3. The summed E-state index contributed by atoms with van der Waals surface area (Å²) in [4.78, 5) is 27.0. The Morgan fingerprint density at radius 1 is 1.00 bits per heavy atom. The van der Waals surface area contributed by atoms with Crippen molar-refractivity contribution in [2.75, 3.05) is 20.1 Å². The second-order valence-electron chi connectivity index (χ2n) is 12.3. The number of rotatable bonds is 6. The second kappa shape index (κ2) is 11.6. The van der Waals surface area contributed by atoms with Crippen LogP contribution < -0.4 is 0 Å². The van der Waals surface area contributed by atoms with E-state index in [2.05, 4.69) is 80.8 Å². The fraction of sp³-hybridized carbons (Fsp3) is 0.645. The summed E-state index contributed by atoms with van der Waals surface area (Å²) in [7, 11) is 2.26. The molecule has 0 radical (unpaired) electrons. The zero-order chi connectivity index (χ0) is 26.7. The van der Waals surface area contributed by atoms with E-state index < -0.39 is 0 Å². The van der Waals surface area contributed by atoms with Crippen molar-refractivity contribution in [1.29, 1.82) is 0 Å². The molecule has 6 heteroatoms. The van der Waals surface area contributed by atoms with Gasteiger partial charge in [0.2, 0.25) is 0 Å². The molecule has 2 saturated heterocycles. The molecule has 0 bridgehead atoms. The maximum Gasteiger partial charge on any atom is 0.272 e. The Labute approximate surface area is 223 Å². The molecule has 6 nitrogen and oxygen atoms in total. The van der Waals surface area contributed by atoms with Gasteiger partial charge in [0.1, 0.15) is 12.0 Å². The molecular weight excluding hydrogens is 460 g/mol. The largest absolute Gasteiger partial charge is 0.375 e. The van der Waals surface area contributed by atoms with Crippen LogP contribution >= 0.6 is 0 Å². The summed E-state index contributed by atoms with van der Waals surface area (Å²) in [5, 5.41) is 0. The Bertz CT molecular complexity index is 1040. The van der Waals surface area contributed by atoms with Gasteiger partial charge in [-0.25, -0.2) is 9.97 Å². The molecule has 4 rings (SSSR count). The summed E-state index contributed by atoms with van der Waals surface area (Å²) >= 11 is 0. The smallest absolute Gasteiger partial charge is 0.272 e. The summed E-state index contributed by atoms with van der Waals surface area (Å²) in [6.45, 7) is 14.6. The number of benzene rings is 1. The molecule has 2 atom stereocenters. The van der Waals surface area contributed by atoms with Crippen LogP contribution in [-0.2, 0) is 23.0 Å². The summed E-state index contributed by atoms with van der Waals surface area (Å²) in [6.07, 6.45) is 8.08. The number of aromatic nitrogens is 2. The molecule has 2 unspecified atom stereocenters. The van der Waals surface area contributed by atoms with E-state index >= 15 is 0 Å². The first kappa shape index (κ1) is 27.7. The van der Waals surface area contributed by atoms with E-state index in [4.69, 9.17) is 4.74 Å². The number of likely N-dealkylation sites (tertiary alicyclic amines) is 1. The zero-order valence-corrected chi connectivity index (χ0v) is 24.0. The number of hydrogen-bond donors (Lipinski definition) is 0. The maximum atomic E-state index is 13.4. The first-order chi connectivity index (χ1) is 17.5. The van der Waals surface area contributed by atoms with Gasteiger partial charge in [0.05, 0.1) is 12.2 Å². The molecule has 2 aromatic rings. The molecule has 37 heavy (non-hydrogen) atoms. The van der Waals surface area contributed by atoms with Crippen molar-refractivity contribution in [2.45, 2.75) is 110 Å². The molecule has 1 aromatic carbocycles. The molecule has 0 N–H and O–H groups in total. The number of piperidine rings is 1. The molecule has 0 saturated carbocycles. The van der Waals surface area contributed by atoms with Crippen LogP contribution in [0.4, 0.5) is 0 Å². The number of carbonyl (C=O) groups is 1. The number of aryl methyl sites for hydroxylation is 2. The molecule has 2 fully saturated rings. The van der Waals surface area contributed by atoms with Crippen molar-refractivity contribution in [3.05, 3.63) is 58.7 Å². The van der Waals surface area contributed by atoms with Crippen LogP contribution in [0.3, 0.4) is 0 Å². The third kappa shape index (κ3) is 6.77. The van der Waals surface area contributed by atoms with Gasteiger partial charge in [0, 0.05) is 36.4 Å². The Morgan fingerprint density at radius 2 is 1.62 bits per heavy atom. The fourth-order valence-electron chi connectivity index (χ4n) is 6.02. The van der Waals surface area contributed by atoms with Gasteiger partial charge in [-0.2, -0.15) is 0 Å². The highest BCUT2D eigenvalue weighted by Crippen LogP contribution is 2.28. The summed E-state index contributed by atoms with van der Waals surface area (Å²) in [5.74, 6) is 0.0464. The van der Waals surface area contributed by atoms with Gasteiger partial charge in [-0.3, -0.25) is 4.79 Å². The van der Waals surface area contributed by atoms with Gasteiger partial charge < -0.3 is 14.5 Å². The lowest BCUT2D eigenvalue weighted by Gasteiger charge is -2.44. The van der Waals surface area contributed by atoms with Crippen LogP contribution in [-0.4, -0.2) is 70.1 Å². The first-order valence-electron chi connectivity index (χ1n) is 14.1. The quantitative estimate of drug-likeness (QED) is 0.528. The summed E-state index contributed by atoms with van der Waals surface area (Å²) in [6, 6.07) is 9.95. The normalized spacial score (nSPS) is 23.5. The predicted octanol–water partition coefficient (Wildman–Crippen LogP) is 5.36. The number of carbonyl (C=O) groups excluding carboxylic acids is 1. The average Bonchev–Trinajstić information content (AvgIpc) is 2.86. The monoisotopic (exact) mass is 506 g/mol. The van der Waals surface area contributed by atoms with Crippen molar-refractivity contribution in [3.8, 4) is 0 Å². The average molecular weight is 507 g/mol. The molecule has 0 spiro atoms. The van der Waals surface area contributed by atoms with E-state index in [0.717, 1.165) is 62.9 Å². The van der Waals surface area contributed by atoms with Gasteiger partial charge in [0.25, 0.3) is 5.91 Å². The van der Waals surface area contributed by atoms with E-state index in [1.165, 1.54) is 11.1 Å². The highest BCUT2D eigenvalue weighted by atomic mass is 16.5. The zero-order valence-electron chi connectivity index (χ0n) is 24.0. The van der Waals surface area contributed by atoms with Crippen molar-refractivity contribution in [2.24, 2.45) is 0 Å². The molecule has 2 aliphatic heterocycles. The van der Waals surface area contributed by atoms with Gasteiger partial charge >= 0.3 is 0 Å². The summed E-state index contributed by atoms with van der Waals surface area (Å²) < 4.78 is 5.94. The van der Waals surface area contributed by atoms with Crippen LogP contribution in [0.2, 0.25) is 0 Å². The third-order valence-electron chi connectivity index (χ3n) is 8.44. The number of hydrogen-bond acceptors (Lipinski definition) is 5. The molecule has 0 aliphatic carbocycles. The van der Waals surface area contributed by atoms with E-state index in [1.54, 1.807) is 6.33 Å². The Hall–Kier alpha value is -2.31. The molecular formula is C31H46N4O2. The van der Waals surface area contributed by atoms with E-state index in [0.29, 0.717) is 30.0 Å². The van der Waals surface area contributed by atoms with E-state index in [-0.39, 0.29) is 11.3 Å². The molecule has 1 aromatic heterocycles. The van der Waals surface area contributed by atoms with Crippen LogP contribution in [0.1, 0.15) is 93.2 Å². The lowest BCUT2D eigenvalue weighted by Crippen LogP contribution is -2.51. The fourth-order valence-corrected chi connectivity index (χ4v) is 6.02. The van der Waals surface area contributed by atoms with Crippen molar-refractivity contribution in [3.63, 3.8) is 0 Å². The Morgan fingerprint density at radius 3 is 2.22 bits per heavy atom. The highest BCUT2D eigenvalue weighted by Gasteiger charge is 2.33. The van der Waals surface area contributed by atoms with Gasteiger partial charge in [-0.15, -0.1) is 0 Å². The van der Waals surface area contributed by atoms with E-state index in [9.17, 15) is 4.79 Å². The maximum absolute atomic E-state index is 13.4. The molecule has 3 heterocycles. The van der Waals surface area contributed by atoms with Gasteiger partial charge in [0.15, 0.2) is 0 Å². The Balaban J connectivity index is 1.34. The molecule has 1 amide bonds. The number of nitrogens with zero attached hydrogens (tertiary/aromatic N) is 4. The van der Waals surface area contributed by atoms with Crippen LogP contribution in [0.25, 0.3) is 0 Å². The molecule has 2 aliphatic rings. The lowest BCUT2D eigenvalue weighted by atomic mass is 9.86. The topological polar surface area (TPSA) is 58.6 Å². The van der Waals surface area contributed by atoms with Gasteiger partial charge in [-0.1, -0.05) is 45.0 Å². The minimum atomic E-state index is 0.0464. The standard InChI is InChI=1S/C31H46N4O2/c1-21-18-27(19-22(2)37-21)34(7)26-14-16-35(17-15-26)30(36)29-23(3)28(32-20-33-29)13-10-24-8-11-25(12-9-24)31(4,5)6/h8-9,11-12,20-22,26-27H,10,13-19H2,1-7H3. The molecule has 202 valence electrons. The third-order valence-corrected chi connectivity index (χ3v) is 8.44. The highest BCUT2D eigenvalue weighted by molar-refractivity contribution is 5.93. The number of amides is 1. The van der Waals surface area contributed by atoms with Crippen molar-refractivity contribution in [1.82, 2.24) is 19.8 Å². The lowest BCUT2D eigenvalue weighted by molar-refractivity contribution is -0.0703. The van der Waals surface area contributed by atoms with Gasteiger partial charge in [-0.05, 0) is 82.9 Å². The van der Waals surface area contributed by atoms with Crippen LogP contribution in [0, 0.1) is 6.92 Å². The minimum absolute atomic E-state index is 0.0464. The van der Waals surface area contributed by atoms with Crippen LogP contribution in [0.5, 0.6) is 0 Å².